The molecule has 1 amide bonds. The first-order chi connectivity index (χ1) is 22.9. The van der Waals surface area contributed by atoms with E-state index in [-0.39, 0.29) is 34.9 Å². The number of benzene rings is 3. The average Bonchev–Trinajstić information content (AvgIpc) is 3.02. The molecular formula is C40H43IN2O5. The van der Waals surface area contributed by atoms with Gasteiger partial charge in [-0.2, -0.15) is 0 Å². The van der Waals surface area contributed by atoms with Crippen LogP contribution in [0.5, 0.6) is 11.5 Å². The van der Waals surface area contributed by atoms with Crippen LogP contribution in [0, 0.1) is 14.4 Å². The van der Waals surface area contributed by atoms with Crippen molar-refractivity contribution in [2.75, 3.05) is 25.6 Å². The number of ether oxygens (including phenoxy) is 2. The normalized spacial score (nSPS) is 18.8. The van der Waals surface area contributed by atoms with Crippen LogP contribution in [0.4, 0.5) is 5.69 Å². The minimum absolute atomic E-state index is 0.0898. The maximum absolute atomic E-state index is 14.3. The number of ketones is 2. The van der Waals surface area contributed by atoms with Crippen molar-refractivity contribution in [3.05, 3.63) is 110 Å². The van der Waals surface area contributed by atoms with Gasteiger partial charge >= 0.3 is 0 Å². The van der Waals surface area contributed by atoms with Crippen molar-refractivity contribution in [2.24, 2.45) is 10.8 Å². The Bertz CT molecular complexity index is 1760. The second-order valence-corrected chi connectivity index (χ2v) is 15.8. The first kappa shape index (κ1) is 34.0. The SMILES string of the molecule is COc1cc(C2C3=C(CC(C)(C)CC3=O)N(CCc3ccccc3)C3=C2C(=O)CC(C)(C)C3)cc(I)c1OCC(=O)Nc1ccccc1. The Morgan fingerprint density at radius 3 is 1.98 bits per heavy atom. The van der Waals surface area contributed by atoms with Crippen LogP contribution in [-0.2, 0) is 20.8 Å². The number of carbonyl (C=O) groups is 3. The van der Waals surface area contributed by atoms with Crippen molar-refractivity contribution in [1.82, 2.24) is 4.90 Å². The average molecular weight is 759 g/mol. The van der Waals surface area contributed by atoms with Crippen molar-refractivity contribution in [1.29, 1.82) is 0 Å². The highest BCUT2D eigenvalue weighted by Gasteiger charge is 2.49. The lowest BCUT2D eigenvalue weighted by Crippen LogP contribution is -2.45. The molecule has 0 fully saturated rings. The zero-order chi connectivity index (χ0) is 34.2. The van der Waals surface area contributed by atoms with Crippen LogP contribution in [0.1, 0.15) is 70.4 Å². The summed E-state index contributed by atoms with van der Waals surface area (Å²) in [6.45, 7) is 9.12. The van der Waals surface area contributed by atoms with Crippen LogP contribution >= 0.6 is 22.6 Å². The number of para-hydroxylation sites is 1. The zero-order valence-corrected chi connectivity index (χ0v) is 30.5. The Balaban J connectivity index is 1.42. The number of nitrogens with zero attached hydrogens (tertiary/aromatic N) is 1. The lowest BCUT2D eigenvalue weighted by molar-refractivity contribution is -0.120. The van der Waals surface area contributed by atoms with Crippen molar-refractivity contribution >= 4 is 45.8 Å². The van der Waals surface area contributed by atoms with E-state index in [4.69, 9.17) is 9.47 Å². The minimum atomic E-state index is -0.506. The van der Waals surface area contributed by atoms with Gasteiger partial charge in [0.15, 0.2) is 29.7 Å². The standard InChI is InChI=1S/C40H43IN2O5/c1-39(2)20-29-36(31(44)22-39)35(37-30(21-40(3,4)23-32(37)45)43(29)17-16-25-12-8-6-9-13-25)26-18-28(41)38(33(19-26)47-5)48-24-34(46)42-27-14-10-7-11-15-27/h6-15,18-19,35H,16-17,20-24H2,1-5H3,(H,42,46). The van der Waals surface area contributed by atoms with E-state index in [1.807, 2.05) is 48.5 Å². The number of halogens is 1. The second-order valence-electron chi connectivity index (χ2n) is 14.7. The lowest BCUT2D eigenvalue weighted by atomic mass is 9.63. The van der Waals surface area contributed by atoms with Crippen molar-refractivity contribution < 1.29 is 23.9 Å². The molecule has 0 saturated heterocycles. The maximum atomic E-state index is 14.3. The van der Waals surface area contributed by atoms with Gasteiger partial charge in [-0.25, -0.2) is 0 Å². The number of amides is 1. The summed E-state index contributed by atoms with van der Waals surface area (Å²) in [5.74, 6) is 0.280. The molecule has 0 saturated carbocycles. The van der Waals surface area contributed by atoms with E-state index in [2.05, 4.69) is 84.8 Å². The van der Waals surface area contributed by atoms with Gasteiger partial charge in [0, 0.05) is 53.5 Å². The summed E-state index contributed by atoms with van der Waals surface area (Å²) >= 11 is 2.19. The molecule has 1 aliphatic heterocycles. The molecular weight excluding hydrogens is 715 g/mol. The number of methoxy groups -OCH3 is 1. The topological polar surface area (TPSA) is 84.9 Å². The molecule has 2 aliphatic carbocycles. The molecule has 48 heavy (non-hydrogen) atoms. The van der Waals surface area contributed by atoms with Crippen molar-refractivity contribution in [2.45, 2.75) is 65.7 Å². The Morgan fingerprint density at radius 1 is 0.854 bits per heavy atom. The van der Waals surface area contributed by atoms with Gasteiger partial charge in [0.25, 0.3) is 5.91 Å². The summed E-state index contributed by atoms with van der Waals surface area (Å²) in [6, 6.07) is 23.5. The summed E-state index contributed by atoms with van der Waals surface area (Å²) < 4.78 is 12.6. The number of rotatable bonds is 9. The first-order valence-corrected chi connectivity index (χ1v) is 17.6. The maximum Gasteiger partial charge on any atom is 0.262 e. The molecule has 3 aliphatic rings. The molecule has 250 valence electrons. The molecule has 7 nitrogen and oxygen atoms in total. The summed E-state index contributed by atoms with van der Waals surface area (Å²) in [4.78, 5) is 43.6. The number of carbonyl (C=O) groups excluding carboxylic acids is 3. The van der Waals surface area contributed by atoms with E-state index in [9.17, 15) is 14.4 Å². The smallest absolute Gasteiger partial charge is 0.262 e. The van der Waals surface area contributed by atoms with Crippen LogP contribution in [0.2, 0.25) is 0 Å². The first-order valence-electron chi connectivity index (χ1n) is 16.5. The Kier molecular flexibility index (Phi) is 9.57. The molecule has 8 heteroatoms. The summed E-state index contributed by atoms with van der Waals surface area (Å²) in [5.41, 5.74) is 5.84. The third kappa shape index (κ3) is 7.09. The fraction of sp³-hybridized carbons (Fsp3) is 0.375. The molecule has 3 aromatic rings. The molecule has 1 N–H and O–H groups in total. The van der Waals surface area contributed by atoms with Gasteiger partial charge < -0.3 is 19.7 Å². The molecule has 3 aromatic carbocycles. The van der Waals surface area contributed by atoms with Crippen molar-refractivity contribution in [3.8, 4) is 11.5 Å². The lowest BCUT2D eigenvalue weighted by Gasteiger charge is -2.49. The van der Waals surface area contributed by atoms with Gasteiger partial charge in [0.2, 0.25) is 0 Å². The highest BCUT2D eigenvalue weighted by molar-refractivity contribution is 14.1. The molecule has 6 rings (SSSR count). The second kappa shape index (κ2) is 13.5. The Hall–Kier alpha value is -3.92. The number of hydrogen-bond donors (Lipinski definition) is 1. The van der Waals surface area contributed by atoms with Gasteiger partial charge in [-0.15, -0.1) is 0 Å². The highest BCUT2D eigenvalue weighted by atomic mass is 127. The third-order valence-electron chi connectivity index (χ3n) is 9.48. The molecule has 0 radical (unpaired) electrons. The Morgan fingerprint density at radius 2 is 1.42 bits per heavy atom. The zero-order valence-electron chi connectivity index (χ0n) is 28.3. The van der Waals surface area contributed by atoms with Crippen molar-refractivity contribution in [3.63, 3.8) is 0 Å². The van der Waals surface area contributed by atoms with Crippen LogP contribution < -0.4 is 14.8 Å². The molecule has 0 bridgehead atoms. The predicted octanol–water partition coefficient (Wildman–Crippen LogP) is 8.25. The van der Waals surface area contributed by atoms with E-state index >= 15 is 0 Å². The van der Waals surface area contributed by atoms with Crippen LogP contribution in [0.3, 0.4) is 0 Å². The fourth-order valence-corrected chi connectivity index (χ4v) is 8.22. The van der Waals surface area contributed by atoms with Gasteiger partial charge in [-0.3, -0.25) is 14.4 Å². The van der Waals surface area contributed by atoms with Gasteiger partial charge in [0.1, 0.15) is 0 Å². The molecule has 0 atom stereocenters. The largest absolute Gasteiger partial charge is 0.493 e. The Labute approximate surface area is 296 Å². The molecule has 1 heterocycles. The van der Waals surface area contributed by atoms with E-state index in [1.54, 1.807) is 7.11 Å². The van der Waals surface area contributed by atoms with Crippen LogP contribution in [0.15, 0.2) is 95.3 Å². The third-order valence-corrected chi connectivity index (χ3v) is 10.3. The van der Waals surface area contributed by atoms with Crippen LogP contribution in [-0.4, -0.2) is 42.6 Å². The highest BCUT2D eigenvalue weighted by Crippen LogP contribution is 2.55. The van der Waals surface area contributed by atoms with E-state index in [0.717, 1.165) is 50.9 Å². The van der Waals surface area contributed by atoms with E-state index in [0.29, 0.717) is 36.6 Å². The number of anilines is 1. The monoisotopic (exact) mass is 758 g/mol. The van der Waals surface area contributed by atoms with Gasteiger partial charge in [-0.1, -0.05) is 76.2 Å². The number of hydrogen-bond acceptors (Lipinski definition) is 6. The molecule has 0 unspecified atom stereocenters. The summed E-state index contributed by atoms with van der Waals surface area (Å²) in [7, 11) is 1.57. The number of allylic oxidation sites excluding steroid dienone is 4. The van der Waals surface area contributed by atoms with E-state index in [1.165, 1.54) is 5.56 Å². The molecule has 0 aromatic heterocycles. The van der Waals surface area contributed by atoms with Crippen LogP contribution in [0.25, 0.3) is 0 Å². The number of nitrogens with one attached hydrogen (secondary N) is 1. The summed E-state index contributed by atoms with van der Waals surface area (Å²) in [6.07, 6.45) is 3.14. The quantitative estimate of drug-likeness (QED) is 0.222. The number of Topliss-reactive ketones (excluding diaryl/α,β-unsaturated/α-hetero) is 2. The summed E-state index contributed by atoms with van der Waals surface area (Å²) in [5, 5.41) is 2.84. The van der Waals surface area contributed by atoms with Gasteiger partial charge in [0.05, 0.1) is 10.7 Å². The molecule has 0 spiro atoms. The predicted molar refractivity (Wildman–Crippen MR) is 196 cm³/mol. The minimum Gasteiger partial charge on any atom is -0.493 e. The van der Waals surface area contributed by atoms with E-state index < -0.39 is 5.92 Å². The van der Waals surface area contributed by atoms with Gasteiger partial charge in [-0.05, 0) is 88.1 Å². The fourth-order valence-electron chi connectivity index (χ4n) is 7.44.